The van der Waals surface area contributed by atoms with Crippen LogP contribution in [0.25, 0.3) is 0 Å². The van der Waals surface area contributed by atoms with Crippen molar-refractivity contribution in [1.29, 1.82) is 0 Å². The summed E-state index contributed by atoms with van der Waals surface area (Å²) < 4.78 is 42.5. The van der Waals surface area contributed by atoms with Gasteiger partial charge in [-0.1, -0.05) is 0 Å². The molecule has 4 nitrogen and oxygen atoms in total. The monoisotopic (exact) mass is 340 g/mol. The number of benzene rings is 1. The van der Waals surface area contributed by atoms with Gasteiger partial charge in [0.05, 0.1) is 12.2 Å². The van der Waals surface area contributed by atoms with Crippen LogP contribution in [-0.2, 0) is 15.7 Å². The molecule has 0 spiro atoms. The highest BCUT2D eigenvalue weighted by Crippen LogP contribution is 2.33. The fourth-order valence-corrected chi connectivity index (χ4v) is 1.78. The van der Waals surface area contributed by atoms with Crippen LogP contribution < -0.4 is 11.1 Å². The zero-order chi connectivity index (χ0) is 14.5. The van der Waals surface area contributed by atoms with E-state index in [-0.39, 0.29) is 13.2 Å². The summed E-state index contributed by atoms with van der Waals surface area (Å²) in [5, 5.41) is 2.87. The van der Waals surface area contributed by atoms with Crippen LogP contribution in [0.5, 0.6) is 0 Å². The number of anilines is 1. The quantitative estimate of drug-likeness (QED) is 0.781. The van der Waals surface area contributed by atoms with E-state index in [1.165, 1.54) is 6.07 Å². The van der Waals surface area contributed by atoms with Crippen LogP contribution in [0.1, 0.15) is 5.56 Å². The largest absolute Gasteiger partial charge is 0.416 e. The summed E-state index contributed by atoms with van der Waals surface area (Å²) in [4.78, 5) is 10.4. The average molecular weight is 341 g/mol. The van der Waals surface area contributed by atoms with Gasteiger partial charge in [0.1, 0.15) is 6.61 Å². The third-order valence-electron chi connectivity index (χ3n) is 2.10. The van der Waals surface area contributed by atoms with Gasteiger partial charge in [-0.15, -0.1) is 0 Å². The fourth-order valence-electron chi connectivity index (χ4n) is 1.27. The van der Waals surface area contributed by atoms with E-state index in [2.05, 4.69) is 21.2 Å². The highest BCUT2D eigenvalue weighted by molar-refractivity contribution is 9.10. The molecule has 0 aliphatic carbocycles. The standard InChI is InChI=1S/C11H12BrF3N2O2/c12-8-5-7(11(13,14)15)1-2-9(8)17-3-4-19-6-10(16)18/h1-2,5,17H,3-4,6H2,(H2,16,18). The van der Waals surface area contributed by atoms with Gasteiger partial charge >= 0.3 is 6.18 Å². The Morgan fingerprint density at radius 3 is 2.63 bits per heavy atom. The Kier molecular flexibility index (Phi) is 5.61. The maximum atomic E-state index is 12.4. The molecule has 106 valence electrons. The second-order valence-electron chi connectivity index (χ2n) is 3.64. The number of hydrogen-bond acceptors (Lipinski definition) is 3. The average Bonchev–Trinajstić information content (AvgIpc) is 2.28. The first-order valence-corrected chi connectivity index (χ1v) is 6.06. The first-order valence-electron chi connectivity index (χ1n) is 5.27. The molecule has 0 fully saturated rings. The summed E-state index contributed by atoms with van der Waals surface area (Å²) >= 11 is 3.05. The van der Waals surface area contributed by atoms with Gasteiger partial charge in [-0.05, 0) is 34.1 Å². The molecule has 0 unspecified atom stereocenters. The number of carbonyl (C=O) groups excluding carboxylic acids is 1. The predicted octanol–water partition coefficient (Wildman–Crippen LogP) is 2.38. The smallest absolute Gasteiger partial charge is 0.382 e. The normalized spacial score (nSPS) is 11.4. The van der Waals surface area contributed by atoms with Crippen LogP contribution in [-0.4, -0.2) is 25.7 Å². The van der Waals surface area contributed by atoms with Crippen molar-refractivity contribution in [2.24, 2.45) is 5.73 Å². The van der Waals surface area contributed by atoms with E-state index >= 15 is 0 Å². The lowest BCUT2D eigenvalue weighted by molar-refractivity contribution is -0.137. The molecule has 0 heterocycles. The van der Waals surface area contributed by atoms with E-state index in [0.29, 0.717) is 16.7 Å². The number of rotatable bonds is 6. The van der Waals surface area contributed by atoms with E-state index in [4.69, 9.17) is 10.5 Å². The first kappa shape index (κ1) is 15.8. The number of amides is 1. The Morgan fingerprint density at radius 1 is 1.42 bits per heavy atom. The molecule has 1 amide bonds. The number of halogens is 4. The molecule has 0 bridgehead atoms. The molecule has 0 aliphatic rings. The molecule has 0 aromatic heterocycles. The topological polar surface area (TPSA) is 64.4 Å². The van der Waals surface area contributed by atoms with Crippen molar-refractivity contribution in [2.45, 2.75) is 6.18 Å². The molecule has 0 saturated carbocycles. The van der Waals surface area contributed by atoms with Crippen molar-refractivity contribution < 1.29 is 22.7 Å². The zero-order valence-corrected chi connectivity index (χ0v) is 11.3. The third-order valence-corrected chi connectivity index (χ3v) is 2.76. The van der Waals surface area contributed by atoms with Gasteiger partial charge in [0.25, 0.3) is 0 Å². The lowest BCUT2D eigenvalue weighted by Crippen LogP contribution is -2.20. The van der Waals surface area contributed by atoms with Gasteiger partial charge in [-0.2, -0.15) is 13.2 Å². The van der Waals surface area contributed by atoms with Crippen LogP contribution in [0, 0.1) is 0 Å². The second kappa shape index (κ2) is 6.76. The summed E-state index contributed by atoms with van der Waals surface area (Å²) in [6.07, 6.45) is -4.37. The maximum Gasteiger partial charge on any atom is 0.416 e. The van der Waals surface area contributed by atoms with Crippen molar-refractivity contribution in [3.63, 3.8) is 0 Å². The number of alkyl halides is 3. The second-order valence-corrected chi connectivity index (χ2v) is 4.49. The number of carbonyl (C=O) groups is 1. The minimum atomic E-state index is -4.37. The molecule has 0 saturated heterocycles. The Hall–Kier alpha value is -1.28. The van der Waals surface area contributed by atoms with Crippen molar-refractivity contribution in [3.8, 4) is 0 Å². The molecule has 1 aromatic rings. The molecule has 3 N–H and O–H groups in total. The van der Waals surface area contributed by atoms with Gasteiger partial charge in [-0.25, -0.2) is 0 Å². The summed E-state index contributed by atoms with van der Waals surface area (Å²) in [5.41, 5.74) is 4.65. The number of hydrogen-bond donors (Lipinski definition) is 2. The Morgan fingerprint density at radius 2 is 2.11 bits per heavy atom. The molecule has 19 heavy (non-hydrogen) atoms. The van der Waals surface area contributed by atoms with Crippen molar-refractivity contribution >= 4 is 27.5 Å². The van der Waals surface area contributed by atoms with Crippen molar-refractivity contribution in [1.82, 2.24) is 0 Å². The van der Waals surface area contributed by atoms with E-state index in [1.807, 2.05) is 0 Å². The van der Waals surface area contributed by atoms with Crippen LogP contribution in [0.2, 0.25) is 0 Å². The minimum absolute atomic E-state index is 0.185. The van der Waals surface area contributed by atoms with Crippen LogP contribution >= 0.6 is 15.9 Å². The van der Waals surface area contributed by atoms with E-state index in [0.717, 1.165) is 12.1 Å². The number of nitrogens with one attached hydrogen (secondary N) is 1. The van der Waals surface area contributed by atoms with Gasteiger partial charge < -0.3 is 15.8 Å². The summed E-state index contributed by atoms with van der Waals surface area (Å²) in [6, 6.07) is 3.30. The van der Waals surface area contributed by atoms with Gasteiger partial charge in [0.15, 0.2) is 0 Å². The molecular weight excluding hydrogens is 329 g/mol. The SMILES string of the molecule is NC(=O)COCCNc1ccc(C(F)(F)F)cc1Br. The maximum absolute atomic E-state index is 12.4. The summed E-state index contributed by atoms with van der Waals surface area (Å²) in [7, 11) is 0. The number of ether oxygens (including phenoxy) is 1. The Balaban J connectivity index is 2.49. The highest BCUT2D eigenvalue weighted by Gasteiger charge is 2.30. The van der Waals surface area contributed by atoms with Gasteiger partial charge in [-0.3, -0.25) is 4.79 Å². The number of primary amides is 1. The third kappa shape index (κ3) is 5.48. The Labute approximate surface area is 116 Å². The highest BCUT2D eigenvalue weighted by atomic mass is 79.9. The lowest BCUT2D eigenvalue weighted by Gasteiger charge is -2.12. The van der Waals surface area contributed by atoms with E-state index in [1.54, 1.807) is 0 Å². The van der Waals surface area contributed by atoms with Gasteiger partial charge in [0.2, 0.25) is 5.91 Å². The van der Waals surface area contributed by atoms with Crippen LogP contribution in [0.15, 0.2) is 22.7 Å². The molecule has 0 radical (unpaired) electrons. The Bertz CT molecular complexity index is 452. The molecule has 0 aliphatic heterocycles. The summed E-state index contributed by atoms with van der Waals surface area (Å²) in [6.45, 7) is 0.378. The first-order chi connectivity index (χ1) is 8.80. The molecule has 1 aromatic carbocycles. The van der Waals surface area contributed by atoms with Crippen LogP contribution in [0.4, 0.5) is 18.9 Å². The fraction of sp³-hybridized carbons (Fsp3) is 0.364. The number of nitrogens with two attached hydrogens (primary N) is 1. The minimum Gasteiger partial charge on any atom is -0.382 e. The molecule has 8 heteroatoms. The van der Waals surface area contributed by atoms with E-state index in [9.17, 15) is 18.0 Å². The molecule has 1 rings (SSSR count). The van der Waals surface area contributed by atoms with Crippen molar-refractivity contribution in [3.05, 3.63) is 28.2 Å². The predicted molar refractivity (Wildman–Crippen MR) is 67.6 cm³/mol. The summed E-state index contributed by atoms with van der Waals surface area (Å²) in [5.74, 6) is -0.573. The molecular formula is C11H12BrF3N2O2. The van der Waals surface area contributed by atoms with Crippen LogP contribution in [0.3, 0.4) is 0 Å². The lowest BCUT2D eigenvalue weighted by atomic mass is 10.2. The zero-order valence-electron chi connectivity index (χ0n) is 9.76. The van der Waals surface area contributed by atoms with Crippen molar-refractivity contribution in [2.75, 3.05) is 25.1 Å². The van der Waals surface area contributed by atoms with E-state index < -0.39 is 17.6 Å². The van der Waals surface area contributed by atoms with Gasteiger partial charge in [0, 0.05) is 16.7 Å². The molecule has 0 atom stereocenters.